The van der Waals surface area contributed by atoms with Crippen LogP contribution in [-0.4, -0.2) is 30.4 Å². The molecule has 2 N–H and O–H groups in total. The molecule has 1 aliphatic rings. The number of anilines is 1. The number of amides is 1. The van der Waals surface area contributed by atoms with Crippen LogP contribution in [0.3, 0.4) is 0 Å². The number of ketones is 1. The van der Waals surface area contributed by atoms with Crippen LogP contribution in [0.15, 0.2) is 72.1 Å². The first-order valence-corrected chi connectivity index (χ1v) is 10.3. The van der Waals surface area contributed by atoms with Gasteiger partial charge in [0.25, 0.3) is 5.91 Å². The summed E-state index contributed by atoms with van der Waals surface area (Å²) in [7, 11) is 0. The van der Waals surface area contributed by atoms with Crippen molar-refractivity contribution in [1.29, 1.82) is 0 Å². The van der Waals surface area contributed by atoms with Crippen LogP contribution in [0, 0.1) is 0 Å². The fraction of sp³-hybridized carbons (Fsp3) is 0.292. The van der Waals surface area contributed by atoms with E-state index in [1.54, 1.807) is 12.1 Å². The summed E-state index contributed by atoms with van der Waals surface area (Å²) in [6.07, 6.45) is 0.551. The lowest BCUT2D eigenvalue weighted by molar-refractivity contribution is -0.152. The van der Waals surface area contributed by atoms with Gasteiger partial charge < -0.3 is 20.1 Å². The molecule has 0 saturated carbocycles. The van der Waals surface area contributed by atoms with Crippen molar-refractivity contribution in [1.82, 2.24) is 5.32 Å². The maximum absolute atomic E-state index is 12.7. The Morgan fingerprint density at radius 2 is 1.71 bits per heavy atom. The Bertz CT molecular complexity index is 956. The molecule has 2 aromatic rings. The van der Waals surface area contributed by atoms with Crippen molar-refractivity contribution in [2.45, 2.75) is 38.8 Å². The lowest BCUT2D eigenvalue weighted by atomic mass is 10.0. The largest absolute Gasteiger partial charge is 0.470 e. The van der Waals surface area contributed by atoms with Crippen LogP contribution in [0.4, 0.5) is 5.69 Å². The number of esters is 1. The van der Waals surface area contributed by atoms with Crippen molar-refractivity contribution >= 4 is 23.3 Å². The molecule has 0 saturated heterocycles. The molecule has 0 aliphatic carbocycles. The van der Waals surface area contributed by atoms with E-state index in [9.17, 15) is 14.4 Å². The Kier molecular flexibility index (Phi) is 7.43. The van der Waals surface area contributed by atoms with Gasteiger partial charge in [-0.15, -0.1) is 0 Å². The Morgan fingerprint density at radius 1 is 1.06 bits per heavy atom. The Morgan fingerprint density at radius 3 is 2.35 bits per heavy atom. The van der Waals surface area contributed by atoms with Gasteiger partial charge in [0.2, 0.25) is 11.7 Å². The summed E-state index contributed by atoms with van der Waals surface area (Å²) >= 11 is 0. The second kappa shape index (κ2) is 10.4. The third-order valence-corrected chi connectivity index (χ3v) is 4.84. The van der Waals surface area contributed by atoms with E-state index in [0.717, 1.165) is 18.4 Å². The van der Waals surface area contributed by atoms with Gasteiger partial charge >= 0.3 is 5.97 Å². The molecule has 7 heteroatoms. The number of hydrogen-bond acceptors (Lipinski definition) is 6. The highest BCUT2D eigenvalue weighted by atomic mass is 16.6. The van der Waals surface area contributed by atoms with Crippen molar-refractivity contribution in [2.75, 3.05) is 11.9 Å². The van der Waals surface area contributed by atoms with Crippen molar-refractivity contribution in [2.24, 2.45) is 0 Å². The highest BCUT2D eigenvalue weighted by Gasteiger charge is 2.34. The Hall–Kier alpha value is -3.61. The first-order chi connectivity index (χ1) is 15.0. The van der Waals surface area contributed by atoms with Gasteiger partial charge in [0, 0.05) is 5.69 Å². The van der Waals surface area contributed by atoms with Crippen LogP contribution in [0.5, 0.6) is 0 Å². The molecule has 0 unspecified atom stereocenters. The summed E-state index contributed by atoms with van der Waals surface area (Å²) in [5, 5.41) is 5.84. The zero-order valence-electron chi connectivity index (χ0n) is 17.6. The van der Waals surface area contributed by atoms with E-state index in [0.29, 0.717) is 5.69 Å². The summed E-state index contributed by atoms with van der Waals surface area (Å²) in [6, 6.07) is 18.4. The molecular formula is C24H26N2O5. The van der Waals surface area contributed by atoms with Crippen LogP contribution < -0.4 is 10.6 Å². The summed E-state index contributed by atoms with van der Waals surface area (Å²) in [4.78, 5) is 37.5. The van der Waals surface area contributed by atoms with Crippen molar-refractivity contribution in [3.8, 4) is 0 Å². The first-order valence-electron chi connectivity index (χ1n) is 10.3. The van der Waals surface area contributed by atoms with E-state index in [-0.39, 0.29) is 24.1 Å². The Labute approximate surface area is 181 Å². The monoisotopic (exact) mass is 422 g/mol. The van der Waals surface area contributed by atoms with E-state index in [4.69, 9.17) is 9.47 Å². The molecule has 0 radical (unpaired) electrons. The summed E-state index contributed by atoms with van der Waals surface area (Å²) in [5.74, 6) is -1.79. The predicted octanol–water partition coefficient (Wildman–Crippen LogP) is 3.50. The maximum Gasteiger partial charge on any atom is 0.348 e. The van der Waals surface area contributed by atoms with E-state index >= 15 is 0 Å². The van der Waals surface area contributed by atoms with E-state index in [1.165, 1.54) is 6.92 Å². The number of nitrogens with one attached hydrogen (secondary N) is 2. The van der Waals surface area contributed by atoms with E-state index in [2.05, 4.69) is 10.6 Å². The fourth-order valence-corrected chi connectivity index (χ4v) is 3.22. The molecule has 2 atom stereocenters. The number of carbonyl (C=O) groups excluding carboxylic acids is 3. The SMILES string of the molecule is CCC[C@H](NC(=O)[C@H](C)OC(=O)C1=C(Nc2ccccc2)OCC1=O)c1ccccc1. The van der Waals surface area contributed by atoms with Crippen molar-refractivity contribution in [3.05, 3.63) is 77.7 Å². The van der Waals surface area contributed by atoms with Gasteiger partial charge in [-0.1, -0.05) is 61.9 Å². The molecule has 0 fully saturated rings. The normalized spacial score (nSPS) is 15.1. The molecule has 0 bridgehead atoms. The minimum atomic E-state index is -1.07. The van der Waals surface area contributed by atoms with Crippen LogP contribution in [0.25, 0.3) is 0 Å². The molecule has 0 aromatic heterocycles. The van der Waals surface area contributed by atoms with Gasteiger partial charge in [-0.05, 0) is 31.0 Å². The molecule has 3 rings (SSSR count). The smallest absolute Gasteiger partial charge is 0.348 e. The molecule has 7 nitrogen and oxygen atoms in total. The second-order valence-corrected chi connectivity index (χ2v) is 7.22. The predicted molar refractivity (Wildman–Crippen MR) is 116 cm³/mol. The maximum atomic E-state index is 12.7. The quantitative estimate of drug-likeness (QED) is 0.475. The van der Waals surface area contributed by atoms with Crippen LogP contribution >= 0.6 is 0 Å². The number of hydrogen-bond donors (Lipinski definition) is 2. The van der Waals surface area contributed by atoms with Gasteiger partial charge in [0.15, 0.2) is 18.3 Å². The molecule has 1 amide bonds. The fourth-order valence-electron chi connectivity index (χ4n) is 3.22. The zero-order valence-corrected chi connectivity index (χ0v) is 17.6. The standard InChI is InChI=1S/C24H26N2O5/c1-3-10-19(17-11-6-4-7-12-17)26-22(28)16(2)31-24(29)21-20(27)15-30-23(21)25-18-13-8-5-9-14-18/h4-9,11-14,16,19,25H,3,10,15H2,1-2H3,(H,26,28)/t16-,19-/m0/s1. The van der Waals surface area contributed by atoms with Crippen LogP contribution in [0.2, 0.25) is 0 Å². The third kappa shape index (κ3) is 5.72. The van der Waals surface area contributed by atoms with Crippen LogP contribution in [-0.2, 0) is 23.9 Å². The third-order valence-electron chi connectivity index (χ3n) is 4.84. The van der Waals surface area contributed by atoms with E-state index < -0.39 is 23.8 Å². The van der Waals surface area contributed by atoms with Gasteiger partial charge in [-0.25, -0.2) is 4.79 Å². The molecule has 31 heavy (non-hydrogen) atoms. The molecule has 1 heterocycles. The number of ether oxygens (including phenoxy) is 2. The van der Waals surface area contributed by atoms with Gasteiger partial charge in [-0.3, -0.25) is 9.59 Å². The number of benzene rings is 2. The zero-order chi connectivity index (χ0) is 22.2. The summed E-state index contributed by atoms with van der Waals surface area (Å²) < 4.78 is 10.6. The number of para-hydroxylation sites is 1. The van der Waals surface area contributed by atoms with Crippen molar-refractivity contribution < 1.29 is 23.9 Å². The lowest BCUT2D eigenvalue weighted by Crippen LogP contribution is -2.38. The summed E-state index contributed by atoms with van der Waals surface area (Å²) in [5.41, 5.74) is 1.41. The molecule has 162 valence electrons. The van der Waals surface area contributed by atoms with Crippen molar-refractivity contribution in [3.63, 3.8) is 0 Å². The van der Waals surface area contributed by atoms with Gasteiger partial charge in [0.1, 0.15) is 0 Å². The van der Waals surface area contributed by atoms with Crippen LogP contribution in [0.1, 0.15) is 38.3 Å². The average Bonchev–Trinajstić information content (AvgIpc) is 3.14. The lowest BCUT2D eigenvalue weighted by Gasteiger charge is -2.21. The average molecular weight is 422 g/mol. The molecule has 1 aliphatic heterocycles. The van der Waals surface area contributed by atoms with Gasteiger partial charge in [0.05, 0.1) is 6.04 Å². The topological polar surface area (TPSA) is 93.7 Å². The molecule has 2 aromatic carbocycles. The molecule has 0 spiro atoms. The Balaban J connectivity index is 1.67. The molecular weight excluding hydrogens is 396 g/mol. The van der Waals surface area contributed by atoms with Gasteiger partial charge in [-0.2, -0.15) is 0 Å². The minimum absolute atomic E-state index is 0.0296. The first kappa shape index (κ1) is 22.1. The summed E-state index contributed by atoms with van der Waals surface area (Å²) in [6.45, 7) is 3.25. The highest BCUT2D eigenvalue weighted by molar-refractivity contribution is 6.20. The number of Topliss-reactive ketones (excluding diaryl/α,β-unsaturated/α-hetero) is 1. The highest BCUT2D eigenvalue weighted by Crippen LogP contribution is 2.22. The second-order valence-electron chi connectivity index (χ2n) is 7.22. The minimum Gasteiger partial charge on any atom is -0.470 e. The number of rotatable bonds is 9. The van der Waals surface area contributed by atoms with E-state index in [1.807, 2.05) is 55.5 Å². The number of carbonyl (C=O) groups is 3.